The van der Waals surface area contributed by atoms with Crippen LogP contribution in [0.2, 0.25) is 0 Å². The summed E-state index contributed by atoms with van der Waals surface area (Å²) in [6.45, 7) is 0. The maximum Gasteiger partial charge on any atom is 0.226 e. The van der Waals surface area contributed by atoms with Crippen molar-refractivity contribution in [2.45, 2.75) is 0 Å². The zero-order valence-corrected chi connectivity index (χ0v) is 9.50. The van der Waals surface area contributed by atoms with Crippen LogP contribution in [0.1, 0.15) is 0 Å². The lowest BCUT2D eigenvalue weighted by molar-refractivity contribution is 1.12. The van der Waals surface area contributed by atoms with Gasteiger partial charge in [0.25, 0.3) is 0 Å². The fraction of sp³-hybridized carbons (Fsp3) is 0. The molecule has 15 heavy (non-hydrogen) atoms. The number of nitrogen functional groups attached to an aromatic ring is 1. The first-order chi connectivity index (χ1) is 6.86. The first-order valence-electron chi connectivity index (χ1n) is 4.34. The average molecular weight is 265 g/mol. The van der Waals surface area contributed by atoms with Crippen molar-refractivity contribution in [2.75, 3.05) is 5.73 Å². The lowest BCUT2D eigenvalue weighted by atomic mass is 10.2. The Morgan fingerprint density at radius 2 is 1.80 bits per heavy atom. The molecular weight excluding hydrogens is 256 g/mol. The van der Waals surface area contributed by atoms with E-state index in [4.69, 9.17) is 5.73 Å². The third kappa shape index (κ3) is 1.35. The third-order valence-electron chi connectivity index (χ3n) is 2.30. The largest absolute Gasteiger partial charge is 0.368 e. The second-order valence-electron chi connectivity index (χ2n) is 3.14. The number of fused-ring (bicyclic) bond motifs is 3. The second-order valence-corrected chi connectivity index (χ2v) is 3.14. The molecule has 0 unspecified atom stereocenters. The zero-order valence-electron chi connectivity index (χ0n) is 7.79. The van der Waals surface area contributed by atoms with Crippen molar-refractivity contribution in [2.24, 2.45) is 0 Å². The van der Waals surface area contributed by atoms with Gasteiger partial charge in [0, 0.05) is 0 Å². The monoisotopic (exact) mass is 264 g/mol. The SMILES string of the molecule is Br.Nc1nnc2ccc3ccccc3n12. The number of aromatic nitrogens is 3. The summed E-state index contributed by atoms with van der Waals surface area (Å²) in [4.78, 5) is 0. The maximum absolute atomic E-state index is 5.73. The van der Waals surface area contributed by atoms with Crippen molar-refractivity contribution in [3.05, 3.63) is 36.4 Å². The summed E-state index contributed by atoms with van der Waals surface area (Å²) in [5, 5.41) is 8.92. The van der Waals surface area contributed by atoms with Crippen LogP contribution in [0.5, 0.6) is 0 Å². The molecule has 3 aromatic rings. The van der Waals surface area contributed by atoms with Gasteiger partial charge in [-0.05, 0) is 23.6 Å². The summed E-state index contributed by atoms with van der Waals surface area (Å²) in [7, 11) is 0. The van der Waals surface area contributed by atoms with E-state index in [1.807, 2.05) is 40.8 Å². The van der Waals surface area contributed by atoms with Crippen molar-refractivity contribution in [3.8, 4) is 0 Å². The zero-order chi connectivity index (χ0) is 9.54. The number of rotatable bonds is 0. The van der Waals surface area contributed by atoms with Crippen LogP contribution in [0.4, 0.5) is 5.95 Å². The molecule has 3 rings (SSSR count). The van der Waals surface area contributed by atoms with E-state index >= 15 is 0 Å². The van der Waals surface area contributed by atoms with E-state index in [0.717, 1.165) is 16.6 Å². The Hall–Kier alpha value is -1.62. The molecule has 0 saturated heterocycles. The van der Waals surface area contributed by atoms with Crippen molar-refractivity contribution in [3.63, 3.8) is 0 Å². The molecule has 4 nitrogen and oxygen atoms in total. The summed E-state index contributed by atoms with van der Waals surface area (Å²) in [6, 6.07) is 11.9. The number of nitrogens with two attached hydrogens (primary N) is 1. The normalized spacial score (nSPS) is 10.4. The van der Waals surface area contributed by atoms with Crippen LogP contribution in [0.25, 0.3) is 16.6 Å². The van der Waals surface area contributed by atoms with Gasteiger partial charge in [-0.1, -0.05) is 18.2 Å². The van der Waals surface area contributed by atoms with Crippen LogP contribution in [-0.2, 0) is 0 Å². The van der Waals surface area contributed by atoms with E-state index in [0.29, 0.717) is 5.95 Å². The highest BCUT2D eigenvalue weighted by atomic mass is 79.9. The number of pyridine rings is 1. The van der Waals surface area contributed by atoms with E-state index in [2.05, 4.69) is 10.2 Å². The summed E-state index contributed by atoms with van der Waals surface area (Å²) in [5.74, 6) is 0.428. The first kappa shape index (κ1) is 9.92. The van der Waals surface area contributed by atoms with Gasteiger partial charge in [0.05, 0.1) is 5.52 Å². The lowest BCUT2D eigenvalue weighted by Crippen LogP contribution is -1.95. The predicted octanol–water partition coefficient (Wildman–Crippen LogP) is 2.04. The van der Waals surface area contributed by atoms with Gasteiger partial charge in [-0.3, -0.25) is 4.40 Å². The van der Waals surface area contributed by atoms with Crippen LogP contribution in [0.3, 0.4) is 0 Å². The average Bonchev–Trinajstić information content (AvgIpc) is 2.61. The topological polar surface area (TPSA) is 56.2 Å². The highest BCUT2D eigenvalue weighted by molar-refractivity contribution is 8.93. The number of hydrogen-bond acceptors (Lipinski definition) is 3. The smallest absolute Gasteiger partial charge is 0.226 e. The summed E-state index contributed by atoms with van der Waals surface area (Å²) in [5.41, 5.74) is 7.55. The molecule has 0 bridgehead atoms. The number of hydrogen-bond donors (Lipinski definition) is 1. The molecular formula is C10H9BrN4. The second kappa shape index (κ2) is 3.51. The summed E-state index contributed by atoms with van der Waals surface area (Å²) >= 11 is 0. The molecule has 0 aliphatic carbocycles. The molecule has 2 heterocycles. The highest BCUT2D eigenvalue weighted by Gasteiger charge is 2.04. The van der Waals surface area contributed by atoms with Gasteiger partial charge in [0.2, 0.25) is 5.95 Å². The minimum Gasteiger partial charge on any atom is -0.368 e. The summed E-state index contributed by atoms with van der Waals surface area (Å²) < 4.78 is 1.84. The van der Waals surface area contributed by atoms with E-state index in [9.17, 15) is 0 Å². The number of halogens is 1. The molecule has 5 heteroatoms. The quantitative estimate of drug-likeness (QED) is 0.676. The Labute approximate surface area is 96.5 Å². The fourth-order valence-electron chi connectivity index (χ4n) is 1.66. The highest BCUT2D eigenvalue weighted by Crippen LogP contribution is 2.17. The van der Waals surface area contributed by atoms with Crippen LogP contribution >= 0.6 is 17.0 Å². The molecule has 0 aliphatic rings. The van der Waals surface area contributed by atoms with E-state index in [1.165, 1.54) is 0 Å². The Morgan fingerprint density at radius 3 is 2.67 bits per heavy atom. The van der Waals surface area contributed by atoms with Crippen LogP contribution in [0.15, 0.2) is 36.4 Å². The molecule has 0 amide bonds. The molecule has 0 atom stereocenters. The lowest BCUT2D eigenvalue weighted by Gasteiger charge is -2.00. The van der Waals surface area contributed by atoms with Crippen LogP contribution in [0, 0.1) is 0 Å². The van der Waals surface area contributed by atoms with E-state index < -0.39 is 0 Å². The molecule has 2 aromatic heterocycles. The van der Waals surface area contributed by atoms with Crippen molar-refractivity contribution in [1.29, 1.82) is 0 Å². The van der Waals surface area contributed by atoms with Gasteiger partial charge < -0.3 is 5.73 Å². The molecule has 0 fully saturated rings. The van der Waals surface area contributed by atoms with Gasteiger partial charge in [-0.25, -0.2) is 0 Å². The number of anilines is 1. The molecule has 1 aromatic carbocycles. The van der Waals surface area contributed by atoms with Gasteiger partial charge >= 0.3 is 0 Å². The van der Waals surface area contributed by atoms with Crippen LogP contribution < -0.4 is 5.73 Å². The number of nitrogens with zero attached hydrogens (tertiary/aromatic N) is 3. The first-order valence-corrected chi connectivity index (χ1v) is 4.34. The minimum absolute atomic E-state index is 0. The molecule has 0 aliphatic heterocycles. The Bertz CT molecular complexity index is 617. The molecule has 2 N–H and O–H groups in total. The van der Waals surface area contributed by atoms with Gasteiger partial charge in [0.15, 0.2) is 5.65 Å². The van der Waals surface area contributed by atoms with Gasteiger partial charge in [0.1, 0.15) is 0 Å². The minimum atomic E-state index is 0. The predicted molar refractivity (Wildman–Crippen MR) is 65.2 cm³/mol. The fourth-order valence-corrected chi connectivity index (χ4v) is 1.66. The number of para-hydroxylation sites is 1. The third-order valence-corrected chi connectivity index (χ3v) is 2.30. The molecule has 0 spiro atoms. The Morgan fingerprint density at radius 1 is 1.00 bits per heavy atom. The summed E-state index contributed by atoms with van der Waals surface area (Å²) in [6.07, 6.45) is 0. The molecule has 0 radical (unpaired) electrons. The van der Waals surface area contributed by atoms with Crippen molar-refractivity contribution >= 4 is 39.5 Å². The Kier molecular flexibility index (Phi) is 2.32. The molecule has 0 saturated carbocycles. The molecule has 76 valence electrons. The maximum atomic E-state index is 5.73. The van der Waals surface area contributed by atoms with E-state index in [-0.39, 0.29) is 17.0 Å². The Balaban J connectivity index is 0.000000853. The van der Waals surface area contributed by atoms with Crippen molar-refractivity contribution in [1.82, 2.24) is 14.6 Å². The van der Waals surface area contributed by atoms with Crippen molar-refractivity contribution < 1.29 is 0 Å². The van der Waals surface area contributed by atoms with E-state index in [1.54, 1.807) is 0 Å². The van der Waals surface area contributed by atoms with Crippen LogP contribution in [-0.4, -0.2) is 14.6 Å². The van der Waals surface area contributed by atoms with Gasteiger partial charge in [-0.2, -0.15) is 0 Å². The number of benzene rings is 1. The van der Waals surface area contributed by atoms with Gasteiger partial charge in [-0.15, -0.1) is 27.2 Å². The standard InChI is InChI=1S/C10H8N4.BrH/c11-10-13-12-9-6-5-7-3-1-2-4-8(7)14(9)10;/h1-6H,(H2,11,13);1H.